The van der Waals surface area contributed by atoms with Crippen LogP contribution in [0.1, 0.15) is 0 Å². The number of aromatic amines is 1. The van der Waals surface area contributed by atoms with Crippen molar-refractivity contribution < 1.29 is 26.1 Å². The number of rotatable bonds is 0. The summed E-state index contributed by atoms with van der Waals surface area (Å²) in [7, 11) is 0. The number of nitrogens with one attached hydrogen (secondary N) is 1. The molecule has 0 bridgehead atoms. The average Bonchev–Trinajstić information content (AvgIpc) is 1.86. The first-order valence-corrected chi connectivity index (χ1v) is 4.46. The molecule has 1 aromatic rings. The summed E-state index contributed by atoms with van der Waals surface area (Å²) < 4.78 is 1.30. The first-order valence-electron chi connectivity index (χ1n) is 1.71. The van der Waals surface area contributed by atoms with Crippen LogP contribution >= 0.6 is 0 Å². The van der Waals surface area contributed by atoms with Crippen LogP contribution < -0.4 is 3.20 Å². The molecule has 1 heterocycles. The van der Waals surface area contributed by atoms with Crippen molar-refractivity contribution in [3.8, 4) is 0 Å². The molecule has 0 aromatic carbocycles. The van der Waals surface area contributed by atoms with Crippen LogP contribution in [0.25, 0.3) is 0 Å². The standard InChI is InChI=1S/C3H3N2.Hg/c1-2-4-5-3-1;/h1-2H,(H,4,5);. The van der Waals surface area contributed by atoms with Crippen molar-refractivity contribution in [3.05, 3.63) is 12.3 Å². The Morgan fingerprint density at radius 3 is 2.83 bits per heavy atom. The van der Waals surface area contributed by atoms with E-state index < -0.39 is 0 Å². The Morgan fingerprint density at radius 1 is 1.83 bits per heavy atom. The molecule has 0 radical (unpaired) electrons. The van der Waals surface area contributed by atoms with E-state index in [1.54, 1.807) is 6.20 Å². The normalized spacial score (nSPS) is 9.00. The second-order valence-electron chi connectivity index (χ2n) is 1.08. The van der Waals surface area contributed by atoms with Crippen LogP contribution in [-0.2, 0) is 26.1 Å². The zero-order valence-electron chi connectivity index (χ0n) is 3.31. The second-order valence-corrected chi connectivity index (χ2v) is 4.04. The molecule has 2 nitrogen and oxygen atoms in total. The van der Waals surface area contributed by atoms with Crippen molar-refractivity contribution in [3.63, 3.8) is 0 Å². The quantitative estimate of drug-likeness (QED) is 0.636. The van der Waals surface area contributed by atoms with E-state index in [1.807, 2.05) is 6.07 Å². The Labute approximate surface area is 51.9 Å². The molecule has 1 aromatic heterocycles. The zero-order valence-corrected chi connectivity index (χ0v) is 8.81. The van der Waals surface area contributed by atoms with Crippen LogP contribution in [0.5, 0.6) is 0 Å². The third-order valence-corrected chi connectivity index (χ3v) is 2.09. The molecule has 0 aliphatic carbocycles. The summed E-state index contributed by atoms with van der Waals surface area (Å²) in [5, 5.41) is 6.58. The summed E-state index contributed by atoms with van der Waals surface area (Å²) in [5.74, 6) is 0. The van der Waals surface area contributed by atoms with Crippen LogP contribution in [0.15, 0.2) is 12.3 Å². The molecule has 0 saturated carbocycles. The second kappa shape index (κ2) is 1.73. The van der Waals surface area contributed by atoms with Gasteiger partial charge in [-0.1, -0.05) is 0 Å². The monoisotopic (exact) mass is 269 g/mol. The molecule has 0 unspecified atom stereocenters. The topological polar surface area (TPSA) is 28.7 Å². The first kappa shape index (κ1) is 4.31. The van der Waals surface area contributed by atoms with Gasteiger partial charge in [0.05, 0.1) is 0 Å². The van der Waals surface area contributed by atoms with Gasteiger partial charge in [0, 0.05) is 0 Å². The Bertz CT molecular complexity index is 112. The van der Waals surface area contributed by atoms with Crippen LogP contribution in [0.4, 0.5) is 0 Å². The minimum atomic E-state index is 0.723. The molecular formula is C3H3HgN2. The van der Waals surface area contributed by atoms with Crippen LogP contribution in [0.3, 0.4) is 0 Å². The van der Waals surface area contributed by atoms with Crippen LogP contribution in [0, 0.1) is 0 Å². The molecular weight excluding hydrogens is 265 g/mol. The maximum atomic E-state index is 3.75. The van der Waals surface area contributed by atoms with Gasteiger partial charge in [0.1, 0.15) is 0 Å². The van der Waals surface area contributed by atoms with E-state index in [0.717, 1.165) is 26.1 Å². The van der Waals surface area contributed by atoms with Gasteiger partial charge in [-0.05, 0) is 0 Å². The Kier molecular flexibility index (Phi) is 1.24. The fourth-order valence-electron chi connectivity index (χ4n) is 0.285. The Hall–Kier alpha value is 0.145. The molecule has 27 valence electrons. The third-order valence-electron chi connectivity index (χ3n) is 0.558. The van der Waals surface area contributed by atoms with E-state index in [9.17, 15) is 0 Å². The number of hydrogen-bond donors (Lipinski definition) is 1. The van der Waals surface area contributed by atoms with E-state index in [2.05, 4.69) is 10.2 Å². The van der Waals surface area contributed by atoms with Gasteiger partial charge in [-0.2, -0.15) is 0 Å². The number of aromatic nitrogens is 2. The molecule has 0 fully saturated rings. The van der Waals surface area contributed by atoms with Gasteiger partial charge in [-0.3, -0.25) is 0 Å². The Morgan fingerprint density at radius 2 is 2.67 bits per heavy atom. The van der Waals surface area contributed by atoms with Crippen LogP contribution in [-0.4, -0.2) is 10.2 Å². The minimum absolute atomic E-state index is 0.723. The van der Waals surface area contributed by atoms with Gasteiger partial charge in [-0.15, -0.1) is 0 Å². The fourth-order valence-corrected chi connectivity index (χ4v) is 1.05. The van der Waals surface area contributed by atoms with Gasteiger partial charge in [0.25, 0.3) is 0 Å². The summed E-state index contributed by atoms with van der Waals surface area (Å²) in [5.41, 5.74) is 0. The Balaban J connectivity index is 3.05. The van der Waals surface area contributed by atoms with Crippen molar-refractivity contribution in [2.24, 2.45) is 0 Å². The predicted molar refractivity (Wildman–Crippen MR) is 18.2 cm³/mol. The van der Waals surface area contributed by atoms with Gasteiger partial charge < -0.3 is 0 Å². The molecule has 3 heteroatoms. The van der Waals surface area contributed by atoms with E-state index >= 15 is 0 Å². The van der Waals surface area contributed by atoms with E-state index in [0.29, 0.717) is 0 Å². The molecule has 0 aliphatic rings. The summed E-state index contributed by atoms with van der Waals surface area (Å²) in [4.78, 5) is 0. The summed E-state index contributed by atoms with van der Waals surface area (Å²) in [6.45, 7) is 0. The third kappa shape index (κ3) is 0.803. The van der Waals surface area contributed by atoms with Gasteiger partial charge in [-0.25, -0.2) is 0 Å². The van der Waals surface area contributed by atoms with Crippen molar-refractivity contribution in [1.82, 2.24) is 10.2 Å². The fraction of sp³-hybridized carbons (Fsp3) is 0. The van der Waals surface area contributed by atoms with E-state index in [4.69, 9.17) is 0 Å². The molecule has 0 amide bonds. The van der Waals surface area contributed by atoms with Crippen LogP contribution in [0.2, 0.25) is 0 Å². The van der Waals surface area contributed by atoms with Crippen molar-refractivity contribution in [2.45, 2.75) is 0 Å². The zero-order chi connectivity index (χ0) is 4.41. The van der Waals surface area contributed by atoms with Gasteiger partial charge >= 0.3 is 51.8 Å². The summed E-state index contributed by atoms with van der Waals surface area (Å²) in [6.07, 6.45) is 1.78. The molecule has 0 spiro atoms. The molecule has 1 N–H and O–H groups in total. The molecule has 0 aliphatic heterocycles. The molecule has 1 rings (SSSR count). The van der Waals surface area contributed by atoms with E-state index in [1.165, 1.54) is 3.20 Å². The number of H-pyrrole nitrogens is 1. The van der Waals surface area contributed by atoms with Crippen molar-refractivity contribution >= 4 is 3.20 Å². The molecule has 0 saturated heterocycles. The van der Waals surface area contributed by atoms with Crippen molar-refractivity contribution in [2.75, 3.05) is 0 Å². The summed E-state index contributed by atoms with van der Waals surface area (Å²) in [6, 6.07) is 2.00. The van der Waals surface area contributed by atoms with Gasteiger partial charge in [0.15, 0.2) is 0 Å². The SMILES string of the molecule is [Hg][c]1ccn[nH]1. The predicted octanol–water partition coefficient (Wildman–Crippen LogP) is -0.418. The maximum absolute atomic E-state index is 3.75. The average molecular weight is 268 g/mol. The first-order chi connectivity index (χ1) is 2.89. The number of hydrogen-bond acceptors (Lipinski definition) is 1. The molecule has 0 atom stereocenters. The summed E-state index contributed by atoms with van der Waals surface area (Å²) >= 11 is 0.723. The number of nitrogens with zero attached hydrogens (tertiary/aromatic N) is 1. The van der Waals surface area contributed by atoms with Crippen molar-refractivity contribution in [1.29, 1.82) is 0 Å². The van der Waals surface area contributed by atoms with Gasteiger partial charge in [0.2, 0.25) is 0 Å². The molecule has 6 heavy (non-hydrogen) atoms. The van der Waals surface area contributed by atoms with E-state index in [-0.39, 0.29) is 0 Å².